The summed E-state index contributed by atoms with van der Waals surface area (Å²) >= 11 is 0. The van der Waals surface area contributed by atoms with E-state index in [0.29, 0.717) is 12.0 Å². The monoisotopic (exact) mass is 274 g/mol. The number of nitrogens with zero attached hydrogens (tertiary/aromatic N) is 2. The van der Waals surface area contributed by atoms with E-state index < -0.39 is 0 Å². The van der Waals surface area contributed by atoms with Gasteiger partial charge in [-0.25, -0.2) is 0 Å². The van der Waals surface area contributed by atoms with Gasteiger partial charge in [0.15, 0.2) is 5.78 Å². The van der Waals surface area contributed by atoms with Crippen molar-refractivity contribution >= 4 is 5.78 Å². The first-order chi connectivity index (χ1) is 10.3. The highest BCUT2D eigenvalue weighted by Crippen LogP contribution is 2.15. The van der Waals surface area contributed by atoms with Crippen LogP contribution in [0, 0.1) is 0 Å². The predicted octanol–water partition coefficient (Wildman–Crippen LogP) is 3.57. The summed E-state index contributed by atoms with van der Waals surface area (Å²) in [5.74, 6) is 0.0775. The van der Waals surface area contributed by atoms with E-state index in [2.05, 4.69) is 9.97 Å². The van der Waals surface area contributed by atoms with Gasteiger partial charge in [0.25, 0.3) is 0 Å². The lowest BCUT2D eigenvalue weighted by Gasteiger charge is -2.03. The van der Waals surface area contributed by atoms with Gasteiger partial charge in [-0.1, -0.05) is 36.4 Å². The molecule has 3 rings (SSSR count). The van der Waals surface area contributed by atoms with Crippen molar-refractivity contribution in [1.29, 1.82) is 0 Å². The van der Waals surface area contributed by atoms with E-state index >= 15 is 0 Å². The van der Waals surface area contributed by atoms with Gasteiger partial charge in [-0.2, -0.15) is 0 Å². The first kappa shape index (κ1) is 13.2. The minimum Gasteiger partial charge on any atom is -0.294 e. The van der Waals surface area contributed by atoms with Crippen molar-refractivity contribution in [2.75, 3.05) is 0 Å². The molecule has 0 aliphatic rings. The third kappa shape index (κ3) is 3.20. The number of pyridine rings is 2. The van der Waals surface area contributed by atoms with Gasteiger partial charge in [0.1, 0.15) is 0 Å². The first-order valence-corrected chi connectivity index (χ1v) is 6.77. The highest BCUT2D eigenvalue weighted by atomic mass is 16.1. The molecule has 0 saturated heterocycles. The lowest BCUT2D eigenvalue weighted by atomic mass is 10.1. The van der Waals surface area contributed by atoms with Crippen LogP contribution in [0.2, 0.25) is 0 Å². The molecule has 0 unspecified atom stereocenters. The summed E-state index contributed by atoms with van der Waals surface area (Å²) in [7, 11) is 0. The minimum absolute atomic E-state index is 0.0775. The highest BCUT2D eigenvalue weighted by molar-refractivity contribution is 5.97. The molecule has 0 aliphatic carbocycles. The smallest absolute Gasteiger partial charge is 0.168 e. The standard InChI is InChI=1S/C18H14N2O/c21-18(14-6-2-1-3-7-14)12-16-10-9-15(13-20-16)17-8-4-5-11-19-17/h1-11,13H,12H2. The Balaban J connectivity index is 1.75. The fraction of sp³-hybridized carbons (Fsp3) is 0.0556. The summed E-state index contributed by atoms with van der Waals surface area (Å²) in [5, 5.41) is 0. The number of Topliss-reactive ketones (excluding diaryl/α,β-unsaturated/α-hetero) is 1. The van der Waals surface area contributed by atoms with Gasteiger partial charge in [-0.05, 0) is 24.3 Å². The van der Waals surface area contributed by atoms with E-state index in [-0.39, 0.29) is 5.78 Å². The number of rotatable bonds is 4. The number of aromatic nitrogens is 2. The second kappa shape index (κ2) is 6.09. The molecule has 3 heteroatoms. The topological polar surface area (TPSA) is 42.9 Å². The van der Waals surface area contributed by atoms with Gasteiger partial charge < -0.3 is 0 Å². The Morgan fingerprint density at radius 1 is 0.857 bits per heavy atom. The van der Waals surface area contributed by atoms with E-state index in [1.54, 1.807) is 12.4 Å². The Morgan fingerprint density at radius 3 is 2.33 bits per heavy atom. The average Bonchev–Trinajstić information content (AvgIpc) is 2.57. The zero-order valence-electron chi connectivity index (χ0n) is 11.4. The van der Waals surface area contributed by atoms with Crippen molar-refractivity contribution in [3.05, 3.63) is 84.3 Å². The summed E-state index contributed by atoms with van der Waals surface area (Å²) in [6, 6.07) is 18.9. The van der Waals surface area contributed by atoms with E-state index in [4.69, 9.17) is 0 Å². The molecule has 1 aromatic carbocycles. The van der Waals surface area contributed by atoms with Gasteiger partial charge in [0.05, 0.1) is 12.1 Å². The highest BCUT2D eigenvalue weighted by Gasteiger charge is 2.07. The van der Waals surface area contributed by atoms with Crippen molar-refractivity contribution in [2.45, 2.75) is 6.42 Å². The molecule has 0 aliphatic heterocycles. The quantitative estimate of drug-likeness (QED) is 0.683. The normalized spacial score (nSPS) is 10.3. The van der Waals surface area contributed by atoms with E-state index in [0.717, 1.165) is 17.0 Å². The van der Waals surface area contributed by atoms with Crippen LogP contribution in [0.3, 0.4) is 0 Å². The van der Waals surface area contributed by atoms with Crippen molar-refractivity contribution in [3.8, 4) is 11.3 Å². The summed E-state index contributed by atoms with van der Waals surface area (Å²) in [6.07, 6.45) is 3.82. The third-order valence-electron chi connectivity index (χ3n) is 3.22. The molecular formula is C18H14N2O. The number of carbonyl (C=O) groups is 1. The molecule has 0 N–H and O–H groups in total. The predicted molar refractivity (Wildman–Crippen MR) is 81.9 cm³/mol. The number of hydrogen-bond donors (Lipinski definition) is 0. The second-order valence-electron chi connectivity index (χ2n) is 4.72. The molecule has 3 nitrogen and oxygen atoms in total. The van der Waals surface area contributed by atoms with E-state index in [1.165, 1.54) is 0 Å². The summed E-state index contributed by atoms with van der Waals surface area (Å²) < 4.78 is 0. The third-order valence-corrected chi connectivity index (χ3v) is 3.22. The Morgan fingerprint density at radius 2 is 1.67 bits per heavy atom. The Bertz CT molecular complexity index is 722. The molecule has 0 fully saturated rings. The van der Waals surface area contributed by atoms with Gasteiger partial charge in [0, 0.05) is 29.2 Å². The summed E-state index contributed by atoms with van der Waals surface area (Å²) in [4.78, 5) is 20.8. The molecule has 2 aromatic heterocycles. The summed E-state index contributed by atoms with van der Waals surface area (Å²) in [5.41, 5.74) is 3.31. The van der Waals surface area contributed by atoms with Crippen LogP contribution in [-0.2, 0) is 6.42 Å². The number of benzene rings is 1. The summed E-state index contributed by atoms with van der Waals surface area (Å²) in [6.45, 7) is 0. The van der Waals surface area contributed by atoms with E-state index in [9.17, 15) is 4.79 Å². The van der Waals surface area contributed by atoms with Crippen LogP contribution in [0.4, 0.5) is 0 Å². The maximum atomic E-state index is 12.1. The van der Waals surface area contributed by atoms with Crippen LogP contribution < -0.4 is 0 Å². The maximum absolute atomic E-state index is 12.1. The Labute approximate surface area is 123 Å². The van der Waals surface area contributed by atoms with Crippen LogP contribution in [0.1, 0.15) is 16.1 Å². The van der Waals surface area contributed by atoms with Crippen molar-refractivity contribution < 1.29 is 4.79 Å². The zero-order chi connectivity index (χ0) is 14.5. The number of ketones is 1. The fourth-order valence-corrected chi connectivity index (χ4v) is 2.10. The molecule has 21 heavy (non-hydrogen) atoms. The maximum Gasteiger partial charge on any atom is 0.168 e. The number of hydrogen-bond acceptors (Lipinski definition) is 3. The Hall–Kier alpha value is -2.81. The van der Waals surface area contributed by atoms with Crippen molar-refractivity contribution in [3.63, 3.8) is 0 Å². The second-order valence-corrected chi connectivity index (χ2v) is 4.72. The van der Waals surface area contributed by atoms with Gasteiger partial charge in [0.2, 0.25) is 0 Å². The van der Waals surface area contributed by atoms with Gasteiger partial charge in [-0.15, -0.1) is 0 Å². The van der Waals surface area contributed by atoms with Gasteiger partial charge >= 0.3 is 0 Å². The first-order valence-electron chi connectivity index (χ1n) is 6.77. The molecule has 0 saturated carbocycles. The van der Waals surface area contributed by atoms with Crippen LogP contribution >= 0.6 is 0 Å². The van der Waals surface area contributed by atoms with Crippen molar-refractivity contribution in [1.82, 2.24) is 9.97 Å². The molecule has 0 atom stereocenters. The lowest BCUT2D eigenvalue weighted by Crippen LogP contribution is -2.04. The molecule has 2 heterocycles. The number of carbonyl (C=O) groups excluding carboxylic acids is 1. The lowest BCUT2D eigenvalue weighted by molar-refractivity contribution is 0.0992. The Kier molecular flexibility index (Phi) is 3.83. The molecule has 0 bridgehead atoms. The molecule has 3 aromatic rings. The molecule has 0 spiro atoms. The van der Waals surface area contributed by atoms with E-state index in [1.807, 2.05) is 60.7 Å². The zero-order valence-corrected chi connectivity index (χ0v) is 11.4. The average molecular weight is 274 g/mol. The largest absolute Gasteiger partial charge is 0.294 e. The van der Waals surface area contributed by atoms with Crippen molar-refractivity contribution in [2.24, 2.45) is 0 Å². The van der Waals surface area contributed by atoms with Crippen LogP contribution in [0.5, 0.6) is 0 Å². The fourth-order valence-electron chi connectivity index (χ4n) is 2.10. The SMILES string of the molecule is O=C(Cc1ccc(-c2ccccn2)cn1)c1ccccc1. The molecule has 102 valence electrons. The molecular weight excluding hydrogens is 260 g/mol. The van der Waals surface area contributed by atoms with Crippen LogP contribution in [0.15, 0.2) is 73.1 Å². The van der Waals surface area contributed by atoms with Crippen LogP contribution in [0.25, 0.3) is 11.3 Å². The minimum atomic E-state index is 0.0775. The van der Waals surface area contributed by atoms with Gasteiger partial charge in [-0.3, -0.25) is 14.8 Å². The molecule has 0 amide bonds. The van der Waals surface area contributed by atoms with Crippen LogP contribution in [-0.4, -0.2) is 15.8 Å². The molecule has 0 radical (unpaired) electrons.